The van der Waals surface area contributed by atoms with Crippen LogP contribution in [0.2, 0.25) is 0 Å². The second kappa shape index (κ2) is 10.1. The van der Waals surface area contributed by atoms with Gasteiger partial charge in [0.1, 0.15) is 18.1 Å². The van der Waals surface area contributed by atoms with Gasteiger partial charge >= 0.3 is 0 Å². The average Bonchev–Trinajstić information content (AvgIpc) is 3.12. The summed E-state index contributed by atoms with van der Waals surface area (Å²) in [5.74, 6) is -1.50. The number of nitrogens with two attached hydrogens (primary N) is 1. The number of likely N-dealkylation sites (tertiary alicyclic amines) is 1. The van der Waals surface area contributed by atoms with Gasteiger partial charge in [-0.05, 0) is 18.8 Å². The molecule has 1 radical (unpaired) electrons. The van der Waals surface area contributed by atoms with Crippen LogP contribution < -0.4 is 16.4 Å². The zero-order valence-electron chi connectivity index (χ0n) is 14.7. The first-order chi connectivity index (χ1) is 11.9. The van der Waals surface area contributed by atoms with Crippen LogP contribution in [0.3, 0.4) is 0 Å². The van der Waals surface area contributed by atoms with Crippen LogP contribution in [0.4, 0.5) is 0 Å². The van der Waals surface area contributed by atoms with Gasteiger partial charge < -0.3 is 26.4 Å². The summed E-state index contributed by atoms with van der Waals surface area (Å²) in [6.45, 7) is 3.37. The Morgan fingerprint density at radius 1 is 1.36 bits per heavy atom. The molecule has 0 aliphatic carbocycles. The summed E-state index contributed by atoms with van der Waals surface area (Å²) in [5, 5.41) is 14.0. The fraction of sp³-hybridized carbons (Fsp3) is 0.750. The van der Waals surface area contributed by atoms with Gasteiger partial charge in [-0.3, -0.25) is 19.2 Å². The fourth-order valence-electron chi connectivity index (χ4n) is 2.78. The van der Waals surface area contributed by atoms with Crippen molar-refractivity contribution in [1.29, 1.82) is 0 Å². The maximum absolute atomic E-state index is 12.6. The molecule has 0 spiro atoms. The quantitative estimate of drug-likeness (QED) is 0.379. The molecule has 0 aromatic rings. The number of rotatable bonds is 9. The van der Waals surface area contributed by atoms with Crippen LogP contribution in [0.1, 0.15) is 33.1 Å². The van der Waals surface area contributed by atoms with Crippen LogP contribution in [-0.4, -0.2) is 71.8 Å². The first kappa shape index (κ1) is 21.0. The van der Waals surface area contributed by atoms with Gasteiger partial charge in [-0.15, -0.1) is 0 Å². The van der Waals surface area contributed by atoms with Crippen LogP contribution in [0.15, 0.2) is 0 Å². The molecule has 0 saturated carbocycles. The van der Waals surface area contributed by atoms with E-state index in [-0.39, 0.29) is 18.4 Å². The van der Waals surface area contributed by atoms with Gasteiger partial charge in [-0.2, -0.15) is 0 Å². The van der Waals surface area contributed by atoms with E-state index < -0.39 is 36.5 Å². The molecule has 1 aliphatic heterocycles. The number of nitrogens with one attached hydrogen (secondary N) is 2. The summed E-state index contributed by atoms with van der Waals surface area (Å²) in [4.78, 5) is 48.9. The topological polar surface area (TPSA) is 142 Å². The number of carbonyl (C=O) groups is 3. The summed E-state index contributed by atoms with van der Waals surface area (Å²) in [6, 6.07) is -2.67. The third kappa shape index (κ3) is 5.50. The smallest absolute Gasteiger partial charge is 0.243 e. The number of nitrogens with zero attached hydrogens (tertiary/aromatic N) is 1. The van der Waals surface area contributed by atoms with E-state index in [0.717, 1.165) is 0 Å². The van der Waals surface area contributed by atoms with Crippen LogP contribution in [0.5, 0.6) is 0 Å². The van der Waals surface area contributed by atoms with Crippen molar-refractivity contribution < 1.29 is 24.3 Å². The molecular formula is C16H27N4O5. The van der Waals surface area contributed by atoms with Gasteiger partial charge in [0.25, 0.3) is 0 Å². The summed E-state index contributed by atoms with van der Waals surface area (Å²) in [7, 11) is 0. The molecule has 3 amide bonds. The number of carbonyl (C=O) groups excluding carboxylic acids is 4. The van der Waals surface area contributed by atoms with E-state index in [2.05, 4.69) is 10.6 Å². The van der Waals surface area contributed by atoms with Crippen molar-refractivity contribution in [1.82, 2.24) is 15.5 Å². The zero-order valence-corrected chi connectivity index (χ0v) is 14.7. The standard InChI is InChI=1S/C16H27N4O5/c1-3-10(2)14(16(25)18-11(8-21)9-22)19-15(24)12-5-4-6-20(12)13(23)7-17/h10-12,14,21H,3-8,17H2,1-2H3,(H,18,25)(H,19,24). The Bertz CT molecular complexity index is 499. The van der Waals surface area contributed by atoms with E-state index in [1.165, 1.54) is 11.2 Å². The highest BCUT2D eigenvalue weighted by Gasteiger charge is 2.36. The van der Waals surface area contributed by atoms with Gasteiger partial charge in [-0.25, -0.2) is 0 Å². The van der Waals surface area contributed by atoms with Gasteiger partial charge in [-0.1, -0.05) is 20.3 Å². The lowest BCUT2D eigenvalue weighted by atomic mass is 9.97. The Morgan fingerprint density at radius 3 is 2.56 bits per heavy atom. The maximum atomic E-state index is 12.6. The van der Waals surface area contributed by atoms with Crippen molar-refractivity contribution in [2.45, 2.75) is 51.2 Å². The number of hydrogen-bond acceptors (Lipinski definition) is 6. The van der Waals surface area contributed by atoms with E-state index in [0.29, 0.717) is 25.8 Å². The molecule has 25 heavy (non-hydrogen) atoms. The number of amides is 3. The first-order valence-electron chi connectivity index (χ1n) is 8.48. The Labute approximate surface area is 147 Å². The Kier molecular flexibility index (Phi) is 8.50. The molecule has 9 nitrogen and oxygen atoms in total. The Hall–Kier alpha value is -2.00. The fourth-order valence-corrected chi connectivity index (χ4v) is 2.78. The van der Waals surface area contributed by atoms with E-state index in [9.17, 15) is 19.2 Å². The second-order valence-electron chi connectivity index (χ2n) is 6.18. The number of aliphatic hydroxyl groups is 1. The Morgan fingerprint density at radius 2 is 2.04 bits per heavy atom. The van der Waals surface area contributed by atoms with E-state index in [1.807, 2.05) is 6.92 Å². The average molecular weight is 355 g/mol. The summed E-state index contributed by atoms with van der Waals surface area (Å²) in [6.07, 6.45) is 3.33. The van der Waals surface area contributed by atoms with Crippen LogP contribution in [-0.2, 0) is 19.2 Å². The first-order valence-corrected chi connectivity index (χ1v) is 8.48. The normalized spacial score (nSPS) is 20.5. The van der Waals surface area contributed by atoms with Crippen molar-refractivity contribution in [3.05, 3.63) is 0 Å². The molecule has 1 rings (SSSR count). The molecule has 4 unspecified atom stereocenters. The molecule has 141 valence electrons. The van der Waals surface area contributed by atoms with Crippen LogP contribution in [0.25, 0.3) is 0 Å². The highest BCUT2D eigenvalue weighted by Crippen LogP contribution is 2.18. The zero-order chi connectivity index (χ0) is 19.0. The lowest BCUT2D eigenvalue weighted by Gasteiger charge is -2.28. The van der Waals surface area contributed by atoms with E-state index in [4.69, 9.17) is 10.8 Å². The minimum atomic E-state index is -1.14. The van der Waals surface area contributed by atoms with Crippen LogP contribution in [0, 0.1) is 5.92 Å². The lowest BCUT2D eigenvalue weighted by molar-refractivity contribution is -0.139. The number of hydrogen-bond donors (Lipinski definition) is 4. The molecule has 1 saturated heterocycles. The van der Waals surface area contributed by atoms with E-state index >= 15 is 0 Å². The van der Waals surface area contributed by atoms with Crippen molar-refractivity contribution in [3.63, 3.8) is 0 Å². The van der Waals surface area contributed by atoms with E-state index in [1.54, 1.807) is 6.92 Å². The predicted molar refractivity (Wildman–Crippen MR) is 89.9 cm³/mol. The molecule has 0 aromatic heterocycles. The van der Waals surface area contributed by atoms with Crippen molar-refractivity contribution in [2.75, 3.05) is 19.7 Å². The van der Waals surface area contributed by atoms with Gasteiger partial charge in [0.05, 0.1) is 13.2 Å². The summed E-state index contributed by atoms with van der Waals surface area (Å²) >= 11 is 0. The molecule has 1 fully saturated rings. The minimum absolute atomic E-state index is 0.174. The highest BCUT2D eigenvalue weighted by atomic mass is 16.3. The monoisotopic (exact) mass is 355 g/mol. The number of aliphatic hydroxyl groups excluding tert-OH is 1. The van der Waals surface area contributed by atoms with Gasteiger partial charge in [0.2, 0.25) is 24.0 Å². The van der Waals surface area contributed by atoms with Crippen molar-refractivity contribution in [3.8, 4) is 0 Å². The van der Waals surface area contributed by atoms with Crippen molar-refractivity contribution >= 4 is 24.0 Å². The molecule has 0 aromatic carbocycles. The third-order valence-corrected chi connectivity index (χ3v) is 4.48. The molecule has 9 heteroatoms. The third-order valence-electron chi connectivity index (χ3n) is 4.48. The molecule has 1 heterocycles. The van der Waals surface area contributed by atoms with Crippen molar-refractivity contribution in [2.24, 2.45) is 11.7 Å². The molecule has 0 bridgehead atoms. The summed E-state index contributed by atoms with van der Waals surface area (Å²) < 4.78 is 0. The molecule has 5 N–H and O–H groups in total. The summed E-state index contributed by atoms with van der Waals surface area (Å²) in [5.41, 5.74) is 5.37. The minimum Gasteiger partial charge on any atom is -0.394 e. The highest BCUT2D eigenvalue weighted by molar-refractivity contribution is 5.93. The Balaban J connectivity index is 2.83. The second-order valence-corrected chi connectivity index (χ2v) is 6.18. The van der Waals surface area contributed by atoms with Gasteiger partial charge in [0.15, 0.2) is 0 Å². The maximum Gasteiger partial charge on any atom is 0.243 e. The van der Waals surface area contributed by atoms with Gasteiger partial charge in [0, 0.05) is 6.54 Å². The lowest BCUT2D eigenvalue weighted by Crippen LogP contribution is -2.57. The largest absolute Gasteiger partial charge is 0.394 e. The molecule has 4 atom stereocenters. The predicted octanol–water partition coefficient (Wildman–Crippen LogP) is -1.95. The van der Waals surface area contributed by atoms with Crippen LogP contribution >= 0.6 is 0 Å². The SMILES string of the molecule is CCC(C)C(NC(=O)C1CCCN1C(=O)CN)C(=O)NC([C]=O)CO. The molecule has 1 aliphatic rings. The molecular weight excluding hydrogens is 328 g/mol.